The van der Waals surface area contributed by atoms with Crippen molar-refractivity contribution in [3.8, 4) is 23.0 Å². The van der Waals surface area contributed by atoms with Gasteiger partial charge in [-0.25, -0.2) is 0 Å². The lowest BCUT2D eigenvalue weighted by molar-refractivity contribution is 0.00578. The zero-order valence-corrected chi connectivity index (χ0v) is 17.3. The van der Waals surface area contributed by atoms with Crippen LogP contribution in [0.5, 0.6) is 23.0 Å². The van der Waals surface area contributed by atoms with E-state index in [2.05, 4.69) is 0 Å². The smallest absolute Gasteiger partial charge is 0.456 e. The van der Waals surface area contributed by atoms with Gasteiger partial charge in [-0.3, -0.25) is 0 Å². The molecule has 0 saturated carbocycles. The second-order valence-electron chi connectivity index (χ2n) is 8.86. The molecule has 3 heterocycles. The van der Waals surface area contributed by atoms with Gasteiger partial charge in [-0.2, -0.15) is 0 Å². The Morgan fingerprint density at radius 2 is 1.30 bits per heavy atom. The molecular weight excluding hydrogens is 379 g/mol. The maximum absolute atomic E-state index is 6.29. The van der Waals surface area contributed by atoms with Gasteiger partial charge in [-0.05, 0) is 45.9 Å². The third-order valence-corrected chi connectivity index (χ3v) is 6.39. The van der Waals surface area contributed by atoms with E-state index in [1.807, 2.05) is 82.3 Å². The monoisotopic (exact) mass is 400 g/mol. The van der Waals surface area contributed by atoms with Gasteiger partial charge in [-0.1, -0.05) is 30.3 Å². The third kappa shape index (κ3) is 2.44. The molecule has 150 valence electrons. The van der Waals surface area contributed by atoms with Crippen LogP contribution in [0, 0.1) is 0 Å². The fourth-order valence-corrected chi connectivity index (χ4v) is 4.00. The fourth-order valence-electron chi connectivity index (χ4n) is 4.00. The number of ether oxygens (including phenoxy) is 2. The van der Waals surface area contributed by atoms with Crippen molar-refractivity contribution < 1.29 is 23.2 Å². The minimum atomic E-state index is -0.495. The van der Waals surface area contributed by atoms with E-state index >= 15 is 0 Å². The maximum Gasteiger partial charge on any atom is 0.498 e. The predicted octanol–water partition coefficient (Wildman–Crippen LogP) is 5.78. The first-order valence-electron chi connectivity index (χ1n) is 10.1. The summed E-state index contributed by atoms with van der Waals surface area (Å²) in [5.74, 6) is 2.70. The van der Waals surface area contributed by atoms with Gasteiger partial charge in [-0.15, -0.1) is 0 Å². The van der Waals surface area contributed by atoms with Gasteiger partial charge >= 0.3 is 7.12 Å². The van der Waals surface area contributed by atoms with Crippen molar-refractivity contribution in [1.82, 2.24) is 0 Å². The molecule has 0 unspecified atom stereocenters. The van der Waals surface area contributed by atoms with E-state index in [0.717, 1.165) is 27.4 Å². The summed E-state index contributed by atoms with van der Waals surface area (Å²) in [4.78, 5) is 0. The Morgan fingerprint density at radius 1 is 0.667 bits per heavy atom. The van der Waals surface area contributed by atoms with Crippen molar-refractivity contribution in [3.05, 3.63) is 54.6 Å². The number of hydrogen-bond donors (Lipinski definition) is 0. The SMILES string of the molecule is CC1(C)OB(c2cccc3c2oc2cc4c(cc23)Oc2ccccc2O4)OC1(C)C. The lowest BCUT2D eigenvalue weighted by Crippen LogP contribution is -2.41. The van der Waals surface area contributed by atoms with Crippen molar-refractivity contribution in [3.63, 3.8) is 0 Å². The summed E-state index contributed by atoms with van der Waals surface area (Å²) >= 11 is 0. The molecule has 0 N–H and O–H groups in total. The largest absolute Gasteiger partial charge is 0.498 e. The summed E-state index contributed by atoms with van der Waals surface area (Å²) in [5.41, 5.74) is 1.53. The van der Waals surface area contributed by atoms with Crippen LogP contribution < -0.4 is 14.9 Å². The molecule has 3 aromatic carbocycles. The minimum absolute atomic E-state index is 0.418. The van der Waals surface area contributed by atoms with Gasteiger partial charge in [0.25, 0.3) is 0 Å². The van der Waals surface area contributed by atoms with Crippen LogP contribution in [0.25, 0.3) is 21.9 Å². The zero-order chi connectivity index (χ0) is 20.7. The van der Waals surface area contributed by atoms with Gasteiger partial charge in [0, 0.05) is 22.3 Å². The van der Waals surface area contributed by atoms with Gasteiger partial charge in [0.05, 0.1) is 11.2 Å². The molecule has 4 aromatic rings. The van der Waals surface area contributed by atoms with E-state index in [9.17, 15) is 0 Å². The highest BCUT2D eigenvalue weighted by Gasteiger charge is 2.52. The van der Waals surface area contributed by atoms with Crippen LogP contribution in [0.4, 0.5) is 0 Å². The van der Waals surface area contributed by atoms with Crippen molar-refractivity contribution in [2.24, 2.45) is 0 Å². The second kappa shape index (κ2) is 5.81. The highest BCUT2D eigenvalue weighted by Crippen LogP contribution is 2.48. The summed E-state index contributed by atoms with van der Waals surface area (Å²) < 4.78 is 30.9. The standard InChI is InChI=1S/C24H21BO5/c1-23(2)24(3,4)30-25(29-23)16-9-7-8-14-15-12-20-21(13-19(15)28-22(14)16)27-18-11-6-5-10-17(18)26-20/h5-13H,1-4H3. The quantitative estimate of drug-likeness (QED) is 0.334. The molecule has 5 nitrogen and oxygen atoms in total. The zero-order valence-electron chi connectivity index (χ0n) is 17.3. The summed E-state index contributed by atoms with van der Waals surface area (Å²) in [7, 11) is -0.495. The number of furan rings is 1. The first-order chi connectivity index (χ1) is 14.3. The summed E-state index contributed by atoms with van der Waals surface area (Å²) in [6.07, 6.45) is 0. The molecular formula is C24H21BO5. The number of fused-ring (bicyclic) bond motifs is 5. The van der Waals surface area contributed by atoms with E-state index in [1.165, 1.54) is 0 Å². The molecule has 1 fully saturated rings. The molecule has 6 heteroatoms. The van der Waals surface area contributed by atoms with E-state index in [1.54, 1.807) is 0 Å². The fraction of sp³-hybridized carbons (Fsp3) is 0.250. The van der Waals surface area contributed by atoms with Gasteiger partial charge in [0.2, 0.25) is 0 Å². The maximum atomic E-state index is 6.29. The molecule has 30 heavy (non-hydrogen) atoms. The first-order valence-corrected chi connectivity index (χ1v) is 10.1. The molecule has 1 saturated heterocycles. The topological polar surface area (TPSA) is 50.1 Å². The predicted molar refractivity (Wildman–Crippen MR) is 116 cm³/mol. The Bertz CT molecular complexity index is 1300. The molecule has 0 spiro atoms. The van der Waals surface area contributed by atoms with Crippen molar-refractivity contribution in [1.29, 1.82) is 0 Å². The summed E-state index contributed by atoms with van der Waals surface area (Å²) in [6.45, 7) is 8.19. The van der Waals surface area contributed by atoms with Gasteiger partial charge < -0.3 is 23.2 Å². The Balaban J connectivity index is 1.49. The van der Waals surface area contributed by atoms with Crippen LogP contribution in [0.15, 0.2) is 59.0 Å². The Hall–Kier alpha value is -2.96. The molecule has 1 aromatic heterocycles. The average Bonchev–Trinajstić information content (AvgIpc) is 3.17. The van der Waals surface area contributed by atoms with Gasteiger partial charge in [0.15, 0.2) is 23.0 Å². The molecule has 0 atom stereocenters. The van der Waals surface area contributed by atoms with Crippen LogP contribution in [-0.4, -0.2) is 18.3 Å². The number of para-hydroxylation sites is 3. The molecule has 0 aliphatic carbocycles. The highest BCUT2D eigenvalue weighted by molar-refractivity contribution is 6.65. The van der Waals surface area contributed by atoms with E-state index in [-0.39, 0.29) is 0 Å². The number of benzene rings is 3. The van der Waals surface area contributed by atoms with Crippen LogP contribution in [0.3, 0.4) is 0 Å². The van der Waals surface area contributed by atoms with E-state index in [0.29, 0.717) is 23.0 Å². The second-order valence-corrected chi connectivity index (χ2v) is 8.86. The third-order valence-electron chi connectivity index (χ3n) is 6.39. The minimum Gasteiger partial charge on any atom is -0.456 e. The van der Waals surface area contributed by atoms with Crippen LogP contribution >= 0.6 is 0 Å². The van der Waals surface area contributed by atoms with E-state index in [4.69, 9.17) is 23.2 Å². The van der Waals surface area contributed by atoms with Crippen LogP contribution in [0.2, 0.25) is 0 Å². The Kier molecular flexibility index (Phi) is 3.46. The van der Waals surface area contributed by atoms with Crippen LogP contribution in [0.1, 0.15) is 27.7 Å². The lowest BCUT2D eigenvalue weighted by Gasteiger charge is -2.32. The number of hydrogen-bond acceptors (Lipinski definition) is 5. The van der Waals surface area contributed by atoms with Crippen LogP contribution in [-0.2, 0) is 9.31 Å². The number of rotatable bonds is 1. The highest BCUT2D eigenvalue weighted by atomic mass is 16.7. The van der Waals surface area contributed by atoms with Crippen molar-refractivity contribution >= 4 is 34.5 Å². The molecule has 0 amide bonds. The van der Waals surface area contributed by atoms with E-state index < -0.39 is 18.3 Å². The Morgan fingerprint density at radius 3 is 1.97 bits per heavy atom. The van der Waals surface area contributed by atoms with Crippen molar-refractivity contribution in [2.45, 2.75) is 38.9 Å². The molecule has 0 bridgehead atoms. The molecule has 2 aliphatic rings. The van der Waals surface area contributed by atoms with Gasteiger partial charge in [0.1, 0.15) is 11.2 Å². The normalized spacial score (nSPS) is 18.7. The summed E-state index contributed by atoms with van der Waals surface area (Å²) in [6, 6.07) is 17.5. The molecule has 0 radical (unpaired) electrons. The van der Waals surface area contributed by atoms with Crippen molar-refractivity contribution in [2.75, 3.05) is 0 Å². The first kappa shape index (κ1) is 17.9. The average molecular weight is 400 g/mol. The molecule has 2 aliphatic heterocycles. The Labute approximate surface area is 174 Å². The lowest BCUT2D eigenvalue weighted by atomic mass is 9.78. The molecule has 6 rings (SSSR count). The summed E-state index contributed by atoms with van der Waals surface area (Å²) in [5, 5.41) is 1.95.